The number of ether oxygens (including phenoxy) is 3. The second kappa shape index (κ2) is 9.80. The molecule has 3 aromatic rings. The van der Waals surface area contributed by atoms with E-state index in [0.29, 0.717) is 12.5 Å². The average molecular weight is 428 g/mol. The lowest BCUT2D eigenvalue weighted by Gasteiger charge is -2.26. The van der Waals surface area contributed by atoms with Crippen LogP contribution in [0.15, 0.2) is 24.4 Å². The number of hydrogen-bond acceptors (Lipinski definition) is 9. The third-order valence-electron chi connectivity index (χ3n) is 5.34. The van der Waals surface area contributed by atoms with Gasteiger partial charge in [-0.05, 0) is 18.2 Å². The Kier molecular flexibility index (Phi) is 6.68. The molecular weight excluding hydrogens is 398 g/mol. The Labute approximate surface area is 181 Å². The number of aryl methyl sites for hydroxylation is 1. The average Bonchev–Trinajstić information content (AvgIpc) is 3.18. The molecule has 1 saturated heterocycles. The minimum Gasteiger partial charge on any atom is -0.497 e. The highest BCUT2D eigenvalue weighted by Gasteiger charge is 2.14. The molecule has 0 bridgehead atoms. The van der Waals surface area contributed by atoms with E-state index in [9.17, 15) is 0 Å². The van der Waals surface area contributed by atoms with Crippen molar-refractivity contribution in [2.24, 2.45) is 7.05 Å². The van der Waals surface area contributed by atoms with Crippen molar-refractivity contribution in [3.63, 3.8) is 0 Å². The second-order valence-corrected chi connectivity index (χ2v) is 7.31. The van der Waals surface area contributed by atoms with Gasteiger partial charge in [0.05, 0.1) is 39.0 Å². The van der Waals surface area contributed by atoms with Crippen molar-refractivity contribution in [1.82, 2.24) is 24.6 Å². The Morgan fingerprint density at radius 2 is 1.94 bits per heavy atom. The molecule has 4 rings (SSSR count). The van der Waals surface area contributed by atoms with Crippen LogP contribution < -0.4 is 20.1 Å². The van der Waals surface area contributed by atoms with Gasteiger partial charge in [-0.3, -0.25) is 9.58 Å². The molecule has 3 heterocycles. The van der Waals surface area contributed by atoms with Gasteiger partial charge in [-0.2, -0.15) is 15.1 Å². The zero-order chi connectivity index (χ0) is 21.6. The molecule has 10 heteroatoms. The van der Waals surface area contributed by atoms with Crippen LogP contribution in [-0.2, 0) is 18.3 Å². The van der Waals surface area contributed by atoms with Crippen LogP contribution in [0.5, 0.6) is 11.5 Å². The largest absolute Gasteiger partial charge is 0.497 e. The molecule has 0 aliphatic carbocycles. The van der Waals surface area contributed by atoms with Crippen LogP contribution in [0.3, 0.4) is 0 Å². The number of benzene rings is 1. The van der Waals surface area contributed by atoms with Gasteiger partial charge < -0.3 is 24.8 Å². The summed E-state index contributed by atoms with van der Waals surface area (Å²) in [4.78, 5) is 11.7. The standard InChI is InChI=1S/C21H29N7O3/c1-27-20-17(14-24-27)19(23-13-15-12-16(29-2)4-5-18(15)30-3)25-21(26-20)22-6-7-28-8-10-31-11-9-28/h4-5,12,14H,6-11,13H2,1-3H3,(H2,22,23,25,26). The van der Waals surface area contributed by atoms with Gasteiger partial charge >= 0.3 is 0 Å². The van der Waals surface area contributed by atoms with Crippen LogP contribution in [0.1, 0.15) is 5.56 Å². The van der Waals surface area contributed by atoms with Gasteiger partial charge in [0.25, 0.3) is 0 Å². The first kappa shape index (κ1) is 21.1. The van der Waals surface area contributed by atoms with Crippen molar-refractivity contribution in [3.8, 4) is 11.5 Å². The lowest BCUT2D eigenvalue weighted by atomic mass is 10.2. The number of morpholine rings is 1. The first-order valence-corrected chi connectivity index (χ1v) is 10.4. The van der Waals surface area contributed by atoms with Crippen molar-refractivity contribution in [1.29, 1.82) is 0 Å². The molecule has 0 saturated carbocycles. The van der Waals surface area contributed by atoms with Crippen LogP contribution >= 0.6 is 0 Å². The van der Waals surface area contributed by atoms with Crippen LogP contribution in [-0.4, -0.2) is 78.3 Å². The summed E-state index contributed by atoms with van der Waals surface area (Å²) < 4.78 is 18.0. The molecule has 2 aromatic heterocycles. The molecule has 31 heavy (non-hydrogen) atoms. The smallest absolute Gasteiger partial charge is 0.226 e. The van der Waals surface area contributed by atoms with Gasteiger partial charge in [0.2, 0.25) is 5.95 Å². The lowest BCUT2D eigenvalue weighted by Crippen LogP contribution is -2.39. The first-order valence-electron chi connectivity index (χ1n) is 10.4. The SMILES string of the molecule is COc1ccc(OC)c(CNc2nc(NCCN3CCOCC3)nc3c2cnn3C)c1. The van der Waals surface area contributed by atoms with E-state index in [1.807, 2.05) is 25.2 Å². The third kappa shape index (κ3) is 4.97. The van der Waals surface area contributed by atoms with E-state index in [0.717, 1.165) is 73.3 Å². The molecule has 1 aliphatic rings. The van der Waals surface area contributed by atoms with E-state index in [1.54, 1.807) is 25.1 Å². The highest BCUT2D eigenvalue weighted by Crippen LogP contribution is 2.27. The Morgan fingerprint density at radius 3 is 2.71 bits per heavy atom. The van der Waals surface area contributed by atoms with Gasteiger partial charge in [0.1, 0.15) is 17.3 Å². The highest BCUT2D eigenvalue weighted by molar-refractivity contribution is 5.87. The summed E-state index contributed by atoms with van der Waals surface area (Å²) in [6.07, 6.45) is 1.78. The van der Waals surface area contributed by atoms with Gasteiger partial charge in [-0.15, -0.1) is 0 Å². The number of anilines is 2. The Balaban J connectivity index is 1.50. The van der Waals surface area contributed by atoms with Crippen molar-refractivity contribution in [2.75, 3.05) is 64.2 Å². The number of methoxy groups -OCH3 is 2. The fourth-order valence-electron chi connectivity index (χ4n) is 3.59. The molecule has 0 spiro atoms. The summed E-state index contributed by atoms with van der Waals surface area (Å²) in [5.41, 5.74) is 1.74. The van der Waals surface area contributed by atoms with Crippen LogP contribution in [0, 0.1) is 0 Å². The van der Waals surface area contributed by atoms with Gasteiger partial charge in [0, 0.05) is 45.3 Å². The summed E-state index contributed by atoms with van der Waals surface area (Å²) in [6, 6.07) is 5.73. The number of aromatic nitrogens is 4. The lowest BCUT2D eigenvalue weighted by molar-refractivity contribution is 0.0398. The zero-order valence-corrected chi connectivity index (χ0v) is 18.2. The van der Waals surface area contributed by atoms with E-state index < -0.39 is 0 Å². The quantitative estimate of drug-likeness (QED) is 0.529. The summed E-state index contributed by atoms with van der Waals surface area (Å²) >= 11 is 0. The van der Waals surface area contributed by atoms with Crippen LogP contribution in [0.2, 0.25) is 0 Å². The van der Waals surface area contributed by atoms with Crippen molar-refractivity contribution < 1.29 is 14.2 Å². The molecular formula is C21H29N7O3. The predicted molar refractivity (Wildman–Crippen MR) is 119 cm³/mol. The first-order chi connectivity index (χ1) is 15.2. The van der Waals surface area contributed by atoms with Crippen molar-refractivity contribution in [2.45, 2.75) is 6.54 Å². The molecule has 10 nitrogen and oxygen atoms in total. The van der Waals surface area contributed by atoms with E-state index in [4.69, 9.17) is 19.2 Å². The fraction of sp³-hybridized carbons (Fsp3) is 0.476. The molecule has 0 radical (unpaired) electrons. The summed E-state index contributed by atoms with van der Waals surface area (Å²) in [5.74, 6) is 2.85. The van der Waals surface area contributed by atoms with Crippen LogP contribution in [0.4, 0.5) is 11.8 Å². The van der Waals surface area contributed by atoms with E-state index in [2.05, 4.69) is 25.6 Å². The molecule has 0 atom stereocenters. The number of hydrogen-bond donors (Lipinski definition) is 2. The second-order valence-electron chi connectivity index (χ2n) is 7.31. The van der Waals surface area contributed by atoms with Gasteiger partial charge in [-0.25, -0.2) is 0 Å². The maximum atomic E-state index is 5.49. The minimum atomic E-state index is 0.522. The molecule has 2 N–H and O–H groups in total. The topological polar surface area (TPSA) is 98.6 Å². The molecule has 1 fully saturated rings. The zero-order valence-electron chi connectivity index (χ0n) is 18.2. The maximum Gasteiger partial charge on any atom is 0.226 e. The van der Waals surface area contributed by atoms with E-state index >= 15 is 0 Å². The molecule has 166 valence electrons. The van der Waals surface area contributed by atoms with Gasteiger partial charge in [0.15, 0.2) is 5.65 Å². The summed E-state index contributed by atoms with van der Waals surface area (Å²) in [7, 11) is 5.19. The van der Waals surface area contributed by atoms with E-state index in [-0.39, 0.29) is 0 Å². The van der Waals surface area contributed by atoms with Crippen molar-refractivity contribution in [3.05, 3.63) is 30.0 Å². The predicted octanol–water partition coefficient (Wildman–Crippen LogP) is 1.74. The molecule has 0 unspecified atom stereocenters. The Bertz CT molecular complexity index is 1020. The number of nitrogens with zero attached hydrogens (tertiary/aromatic N) is 5. The summed E-state index contributed by atoms with van der Waals surface area (Å²) in [6.45, 7) is 5.69. The van der Waals surface area contributed by atoms with Gasteiger partial charge in [-0.1, -0.05) is 0 Å². The summed E-state index contributed by atoms with van der Waals surface area (Å²) in [5, 5.41) is 12.0. The normalized spacial score (nSPS) is 14.5. The highest BCUT2D eigenvalue weighted by atomic mass is 16.5. The number of fused-ring (bicyclic) bond motifs is 1. The van der Waals surface area contributed by atoms with Crippen LogP contribution in [0.25, 0.3) is 11.0 Å². The maximum absolute atomic E-state index is 5.49. The number of rotatable bonds is 9. The monoisotopic (exact) mass is 427 g/mol. The molecule has 1 aliphatic heterocycles. The molecule has 1 aromatic carbocycles. The minimum absolute atomic E-state index is 0.522. The molecule has 0 amide bonds. The Morgan fingerprint density at radius 1 is 1.10 bits per heavy atom. The van der Waals surface area contributed by atoms with Crippen molar-refractivity contribution >= 4 is 22.8 Å². The Hall–Kier alpha value is -3.11. The van der Waals surface area contributed by atoms with E-state index in [1.165, 1.54) is 0 Å². The number of nitrogens with one attached hydrogen (secondary N) is 2. The fourth-order valence-corrected chi connectivity index (χ4v) is 3.59. The third-order valence-corrected chi connectivity index (χ3v) is 5.34.